The number of amides is 2. The minimum absolute atomic E-state index is 0.234. The fourth-order valence-electron chi connectivity index (χ4n) is 2.38. The molecule has 0 aliphatic carbocycles. The summed E-state index contributed by atoms with van der Waals surface area (Å²) in [7, 11) is 1.81. The van der Waals surface area contributed by atoms with Crippen molar-refractivity contribution in [2.24, 2.45) is 13.0 Å². The van der Waals surface area contributed by atoms with E-state index in [2.05, 4.69) is 10.4 Å². The van der Waals surface area contributed by atoms with Crippen molar-refractivity contribution in [1.29, 1.82) is 0 Å². The Hall–Kier alpha value is -2.05. The van der Waals surface area contributed by atoms with E-state index in [1.54, 1.807) is 22.7 Å². The van der Waals surface area contributed by atoms with Gasteiger partial charge in [-0.25, -0.2) is 4.79 Å². The molecule has 0 radical (unpaired) electrons. The number of likely N-dealkylation sites (tertiary alicyclic amines) is 1. The lowest BCUT2D eigenvalue weighted by molar-refractivity contribution is -0.142. The third kappa shape index (κ3) is 2.86. The number of hydrogen-bond acceptors (Lipinski definition) is 3. The number of aromatic nitrogens is 2. The highest BCUT2D eigenvalue weighted by Gasteiger charge is 2.37. The van der Waals surface area contributed by atoms with Crippen LogP contribution >= 0.6 is 0 Å². The van der Waals surface area contributed by atoms with E-state index in [0.29, 0.717) is 19.5 Å². The van der Waals surface area contributed by atoms with Gasteiger partial charge in [0, 0.05) is 25.8 Å². The second-order valence-electron chi connectivity index (χ2n) is 4.81. The molecule has 2 amide bonds. The lowest BCUT2D eigenvalue weighted by Gasteiger charge is -2.23. The van der Waals surface area contributed by atoms with Gasteiger partial charge in [0.1, 0.15) is 0 Å². The van der Waals surface area contributed by atoms with Gasteiger partial charge in [-0.1, -0.05) is 0 Å². The summed E-state index contributed by atoms with van der Waals surface area (Å²) in [5.41, 5.74) is 0.775. The molecule has 2 rings (SSSR count). The van der Waals surface area contributed by atoms with E-state index < -0.39 is 11.9 Å². The Morgan fingerprint density at radius 1 is 1.58 bits per heavy atom. The molecule has 0 spiro atoms. The summed E-state index contributed by atoms with van der Waals surface area (Å²) in [4.78, 5) is 24.6. The van der Waals surface area contributed by atoms with Gasteiger partial charge in [-0.2, -0.15) is 5.10 Å². The standard InChI is InChI=1S/C12H18N4O3/c1-8-10(11(17)18)4-6-16(8)12(19)13-7-9-3-5-15(2)14-9/h3,5,8,10H,4,6-7H2,1-2H3,(H,13,19)(H,17,18). The van der Waals surface area contributed by atoms with Crippen molar-refractivity contribution in [2.45, 2.75) is 25.9 Å². The second-order valence-corrected chi connectivity index (χ2v) is 4.81. The molecule has 2 atom stereocenters. The van der Waals surface area contributed by atoms with Crippen LogP contribution < -0.4 is 5.32 Å². The van der Waals surface area contributed by atoms with E-state index in [4.69, 9.17) is 5.11 Å². The average molecular weight is 266 g/mol. The van der Waals surface area contributed by atoms with Crippen molar-refractivity contribution in [1.82, 2.24) is 20.0 Å². The Bertz CT molecular complexity index is 485. The van der Waals surface area contributed by atoms with Gasteiger partial charge < -0.3 is 15.3 Å². The quantitative estimate of drug-likeness (QED) is 0.830. The first-order chi connectivity index (χ1) is 8.99. The summed E-state index contributed by atoms with van der Waals surface area (Å²) in [6, 6.07) is 1.32. The molecule has 2 heterocycles. The van der Waals surface area contributed by atoms with Crippen LogP contribution in [0.2, 0.25) is 0 Å². The van der Waals surface area contributed by atoms with Gasteiger partial charge in [-0.05, 0) is 19.4 Å². The number of aryl methyl sites for hydroxylation is 1. The average Bonchev–Trinajstić information content (AvgIpc) is 2.92. The minimum atomic E-state index is -0.840. The van der Waals surface area contributed by atoms with Gasteiger partial charge in [0.15, 0.2) is 0 Å². The molecular weight excluding hydrogens is 248 g/mol. The number of carbonyl (C=O) groups excluding carboxylic acids is 1. The van der Waals surface area contributed by atoms with Gasteiger partial charge in [-0.15, -0.1) is 0 Å². The summed E-state index contributed by atoms with van der Waals surface area (Å²) in [5.74, 6) is -1.31. The van der Waals surface area contributed by atoms with Crippen molar-refractivity contribution < 1.29 is 14.7 Å². The maximum Gasteiger partial charge on any atom is 0.317 e. The van der Waals surface area contributed by atoms with E-state index in [1.807, 2.05) is 13.1 Å². The van der Waals surface area contributed by atoms with Gasteiger partial charge in [0.05, 0.1) is 18.2 Å². The Kier molecular flexibility index (Phi) is 3.73. The van der Waals surface area contributed by atoms with Gasteiger partial charge >= 0.3 is 12.0 Å². The molecule has 1 aliphatic heterocycles. The van der Waals surface area contributed by atoms with Crippen LogP contribution in [0.25, 0.3) is 0 Å². The molecule has 2 unspecified atom stereocenters. The molecule has 0 bridgehead atoms. The first-order valence-electron chi connectivity index (χ1n) is 6.25. The zero-order chi connectivity index (χ0) is 14.0. The molecular formula is C12H18N4O3. The predicted octanol–water partition coefficient (Wildman–Crippen LogP) is 0.425. The van der Waals surface area contributed by atoms with Crippen LogP contribution in [0.15, 0.2) is 12.3 Å². The minimum Gasteiger partial charge on any atom is -0.481 e. The van der Waals surface area contributed by atoms with Crippen molar-refractivity contribution in [2.75, 3.05) is 6.54 Å². The number of rotatable bonds is 3. The molecule has 1 aliphatic rings. The van der Waals surface area contributed by atoms with Crippen molar-refractivity contribution in [3.8, 4) is 0 Å². The Morgan fingerprint density at radius 2 is 2.32 bits per heavy atom. The molecule has 1 aromatic rings. The highest BCUT2D eigenvalue weighted by molar-refractivity contribution is 5.78. The number of hydrogen-bond donors (Lipinski definition) is 2. The normalized spacial score (nSPS) is 22.5. The molecule has 104 valence electrons. The predicted molar refractivity (Wildman–Crippen MR) is 67.4 cm³/mol. The molecule has 2 N–H and O–H groups in total. The maximum atomic E-state index is 12.0. The van der Waals surface area contributed by atoms with Crippen molar-refractivity contribution in [3.63, 3.8) is 0 Å². The van der Waals surface area contributed by atoms with Crippen LogP contribution in [0.1, 0.15) is 19.0 Å². The van der Waals surface area contributed by atoms with Crippen LogP contribution in [-0.2, 0) is 18.4 Å². The van der Waals surface area contributed by atoms with Crippen molar-refractivity contribution >= 4 is 12.0 Å². The molecule has 1 saturated heterocycles. The molecule has 1 aromatic heterocycles. The summed E-state index contributed by atoms with van der Waals surface area (Å²) < 4.78 is 1.67. The molecule has 0 saturated carbocycles. The first kappa shape index (κ1) is 13.4. The number of nitrogens with one attached hydrogen (secondary N) is 1. The molecule has 7 nitrogen and oxygen atoms in total. The Labute approximate surface area is 111 Å². The second kappa shape index (κ2) is 5.29. The van der Waals surface area contributed by atoms with Crippen LogP contribution in [0.3, 0.4) is 0 Å². The molecule has 7 heteroatoms. The van der Waals surface area contributed by atoms with Crippen LogP contribution in [-0.4, -0.2) is 44.4 Å². The van der Waals surface area contributed by atoms with E-state index in [1.165, 1.54) is 0 Å². The van der Waals surface area contributed by atoms with Crippen molar-refractivity contribution in [3.05, 3.63) is 18.0 Å². The number of aliphatic carboxylic acids is 1. The summed E-state index contributed by atoms with van der Waals surface area (Å²) in [5, 5.41) is 15.9. The van der Waals surface area contributed by atoms with Gasteiger partial charge in [0.25, 0.3) is 0 Å². The van der Waals surface area contributed by atoms with E-state index in [-0.39, 0.29) is 12.1 Å². The summed E-state index contributed by atoms with van der Waals surface area (Å²) in [6.45, 7) is 2.60. The topological polar surface area (TPSA) is 87.5 Å². The molecule has 1 fully saturated rings. The highest BCUT2D eigenvalue weighted by Crippen LogP contribution is 2.24. The SMILES string of the molecule is CC1C(C(=O)O)CCN1C(=O)NCc1ccn(C)n1. The smallest absolute Gasteiger partial charge is 0.317 e. The monoisotopic (exact) mass is 266 g/mol. The zero-order valence-corrected chi connectivity index (χ0v) is 11.0. The fourth-order valence-corrected chi connectivity index (χ4v) is 2.38. The number of carboxylic acids is 1. The first-order valence-corrected chi connectivity index (χ1v) is 6.25. The largest absolute Gasteiger partial charge is 0.481 e. The van der Waals surface area contributed by atoms with Crippen LogP contribution in [0.4, 0.5) is 4.79 Å². The van der Waals surface area contributed by atoms with E-state index in [9.17, 15) is 9.59 Å². The maximum absolute atomic E-state index is 12.0. The summed E-state index contributed by atoms with van der Waals surface area (Å²) in [6.07, 6.45) is 2.31. The summed E-state index contributed by atoms with van der Waals surface area (Å²) >= 11 is 0. The lowest BCUT2D eigenvalue weighted by atomic mass is 10.0. The van der Waals surface area contributed by atoms with E-state index in [0.717, 1.165) is 5.69 Å². The third-order valence-corrected chi connectivity index (χ3v) is 3.52. The number of carboxylic acid groups (broad SMARTS) is 1. The number of carbonyl (C=O) groups is 2. The van der Waals surface area contributed by atoms with Gasteiger partial charge in [0.2, 0.25) is 0 Å². The van der Waals surface area contributed by atoms with Crippen LogP contribution in [0.5, 0.6) is 0 Å². The van der Waals surface area contributed by atoms with E-state index >= 15 is 0 Å². The van der Waals surface area contributed by atoms with Gasteiger partial charge in [-0.3, -0.25) is 9.48 Å². The Morgan fingerprint density at radius 3 is 2.84 bits per heavy atom. The van der Waals surface area contributed by atoms with Crippen LogP contribution in [0, 0.1) is 5.92 Å². The Balaban J connectivity index is 1.89. The fraction of sp³-hybridized carbons (Fsp3) is 0.583. The number of urea groups is 1. The lowest BCUT2D eigenvalue weighted by Crippen LogP contribution is -2.43. The molecule has 19 heavy (non-hydrogen) atoms. The molecule has 0 aromatic carbocycles. The highest BCUT2D eigenvalue weighted by atomic mass is 16.4. The third-order valence-electron chi connectivity index (χ3n) is 3.52. The number of nitrogens with zero attached hydrogens (tertiary/aromatic N) is 3. The zero-order valence-electron chi connectivity index (χ0n) is 11.0.